The van der Waals surface area contributed by atoms with Crippen molar-refractivity contribution in [1.82, 2.24) is 9.97 Å². The summed E-state index contributed by atoms with van der Waals surface area (Å²) in [5.74, 6) is 1.40. The molecule has 3 nitrogen and oxygen atoms in total. The van der Waals surface area contributed by atoms with Gasteiger partial charge in [0.15, 0.2) is 0 Å². The number of aryl methyl sites for hydroxylation is 1. The largest absolute Gasteiger partial charge is 0.299 e. The third-order valence-corrected chi connectivity index (χ3v) is 2.22. The van der Waals surface area contributed by atoms with Crippen LogP contribution < -0.4 is 0 Å². The van der Waals surface area contributed by atoms with Gasteiger partial charge in [0.2, 0.25) is 0 Å². The van der Waals surface area contributed by atoms with Crippen molar-refractivity contribution in [2.24, 2.45) is 5.92 Å². The second kappa shape index (κ2) is 3.24. The maximum absolute atomic E-state index is 11.4. The molecule has 68 valence electrons. The molecule has 13 heavy (non-hydrogen) atoms. The Labute approximate surface area is 77.2 Å². The SMILES string of the molecule is Cc1nccc(CC(=O)C2CC2)n1. The fourth-order valence-corrected chi connectivity index (χ4v) is 1.33. The average molecular weight is 176 g/mol. The van der Waals surface area contributed by atoms with Crippen molar-refractivity contribution in [1.29, 1.82) is 0 Å². The highest BCUT2D eigenvalue weighted by molar-refractivity contribution is 5.84. The topological polar surface area (TPSA) is 42.9 Å². The zero-order valence-corrected chi connectivity index (χ0v) is 7.66. The summed E-state index contributed by atoms with van der Waals surface area (Å²) < 4.78 is 0. The first-order chi connectivity index (χ1) is 6.25. The molecule has 2 rings (SSSR count). The highest BCUT2D eigenvalue weighted by Crippen LogP contribution is 2.30. The number of carbonyl (C=O) groups excluding carboxylic acids is 1. The fraction of sp³-hybridized carbons (Fsp3) is 0.500. The molecule has 0 bridgehead atoms. The van der Waals surface area contributed by atoms with Gasteiger partial charge in [0.1, 0.15) is 11.6 Å². The summed E-state index contributed by atoms with van der Waals surface area (Å²) in [6.07, 6.45) is 4.33. The Bertz CT molecular complexity index is 331. The summed E-state index contributed by atoms with van der Waals surface area (Å²) in [7, 11) is 0. The van der Waals surface area contributed by atoms with Crippen LogP contribution in [0.1, 0.15) is 24.4 Å². The normalized spacial score (nSPS) is 15.8. The molecule has 0 aliphatic heterocycles. The standard InChI is InChI=1S/C10H12N2O/c1-7-11-5-4-9(12-7)6-10(13)8-2-3-8/h4-5,8H,2-3,6H2,1H3. The molecule has 0 atom stereocenters. The Balaban J connectivity index is 2.04. The Morgan fingerprint density at radius 1 is 1.62 bits per heavy atom. The first-order valence-electron chi connectivity index (χ1n) is 4.57. The van der Waals surface area contributed by atoms with Gasteiger partial charge in [0.05, 0.1) is 5.69 Å². The molecule has 1 aromatic rings. The van der Waals surface area contributed by atoms with Gasteiger partial charge in [0.25, 0.3) is 0 Å². The fourth-order valence-electron chi connectivity index (χ4n) is 1.33. The van der Waals surface area contributed by atoms with Crippen LogP contribution in [-0.2, 0) is 11.2 Å². The molecular weight excluding hydrogens is 164 g/mol. The molecule has 1 heterocycles. The number of hydrogen-bond donors (Lipinski definition) is 0. The van der Waals surface area contributed by atoms with E-state index in [4.69, 9.17) is 0 Å². The molecule has 0 unspecified atom stereocenters. The van der Waals surface area contributed by atoms with Gasteiger partial charge in [-0.1, -0.05) is 0 Å². The van der Waals surface area contributed by atoms with Gasteiger partial charge < -0.3 is 0 Å². The van der Waals surface area contributed by atoms with Crippen LogP contribution in [-0.4, -0.2) is 15.8 Å². The van der Waals surface area contributed by atoms with Gasteiger partial charge in [-0.05, 0) is 25.8 Å². The Morgan fingerprint density at radius 2 is 2.38 bits per heavy atom. The second-order valence-corrected chi connectivity index (χ2v) is 3.51. The first kappa shape index (κ1) is 8.35. The summed E-state index contributed by atoms with van der Waals surface area (Å²) >= 11 is 0. The monoisotopic (exact) mass is 176 g/mol. The lowest BCUT2D eigenvalue weighted by atomic mass is 10.1. The van der Waals surface area contributed by atoms with E-state index in [1.54, 1.807) is 6.20 Å². The van der Waals surface area contributed by atoms with Crippen molar-refractivity contribution < 1.29 is 4.79 Å². The van der Waals surface area contributed by atoms with E-state index in [1.807, 2.05) is 13.0 Å². The lowest BCUT2D eigenvalue weighted by Gasteiger charge is -1.98. The Morgan fingerprint density at radius 3 is 3.00 bits per heavy atom. The molecule has 1 aliphatic rings. The summed E-state index contributed by atoms with van der Waals surface area (Å²) in [5.41, 5.74) is 0.851. The number of carbonyl (C=O) groups is 1. The van der Waals surface area contributed by atoms with Crippen molar-refractivity contribution in [3.05, 3.63) is 23.8 Å². The average Bonchev–Trinajstić information content (AvgIpc) is 2.85. The molecule has 1 saturated carbocycles. The van der Waals surface area contributed by atoms with Crippen LogP contribution in [0.5, 0.6) is 0 Å². The second-order valence-electron chi connectivity index (χ2n) is 3.51. The molecule has 1 aromatic heterocycles. The predicted octanol–water partition coefficient (Wildman–Crippen LogP) is 1.31. The van der Waals surface area contributed by atoms with Gasteiger partial charge in [-0.25, -0.2) is 9.97 Å². The third kappa shape index (κ3) is 2.11. The van der Waals surface area contributed by atoms with Gasteiger partial charge in [-0.15, -0.1) is 0 Å². The van der Waals surface area contributed by atoms with Crippen molar-refractivity contribution in [2.75, 3.05) is 0 Å². The molecular formula is C10H12N2O. The smallest absolute Gasteiger partial charge is 0.141 e. The molecule has 1 fully saturated rings. The Kier molecular flexibility index (Phi) is 2.08. The number of nitrogens with zero attached hydrogens (tertiary/aromatic N) is 2. The minimum absolute atomic E-state index is 0.329. The highest BCUT2D eigenvalue weighted by atomic mass is 16.1. The molecule has 3 heteroatoms. The molecule has 0 amide bonds. The molecule has 0 N–H and O–H groups in total. The van der Waals surface area contributed by atoms with Crippen LogP contribution in [0.4, 0.5) is 0 Å². The van der Waals surface area contributed by atoms with E-state index in [-0.39, 0.29) is 0 Å². The van der Waals surface area contributed by atoms with Crippen LogP contribution in [0, 0.1) is 12.8 Å². The lowest BCUT2D eigenvalue weighted by molar-refractivity contribution is -0.119. The number of hydrogen-bond acceptors (Lipinski definition) is 3. The number of ketones is 1. The molecule has 1 aliphatic carbocycles. The lowest BCUT2D eigenvalue weighted by Crippen LogP contribution is -2.07. The summed E-state index contributed by atoms with van der Waals surface area (Å²) in [4.78, 5) is 19.6. The van der Waals surface area contributed by atoms with E-state index in [0.29, 0.717) is 18.1 Å². The van der Waals surface area contributed by atoms with E-state index in [9.17, 15) is 4.79 Å². The zero-order valence-electron chi connectivity index (χ0n) is 7.66. The van der Waals surface area contributed by atoms with Crippen molar-refractivity contribution in [3.8, 4) is 0 Å². The number of aromatic nitrogens is 2. The maximum atomic E-state index is 11.4. The van der Waals surface area contributed by atoms with E-state index in [0.717, 1.165) is 24.4 Å². The Hall–Kier alpha value is -1.25. The number of rotatable bonds is 3. The van der Waals surface area contributed by atoms with Crippen molar-refractivity contribution >= 4 is 5.78 Å². The van der Waals surface area contributed by atoms with Crippen LogP contribution in [0.3, 0.4) is 0 Å². The van der Waals surface area contributed by atoms with Gasteiger partial charge in [-0.3, -0.25) is 4.79 Å². The summed E-state index contributed by atoms with van der Waals surface area (Å²) in [6.45, 7) is 1.84. The predicted molar refractivity (Wildman–Crippen MR) is 48.2 cm³/mol. The maximum Gasteiger partial charge on any atom is 0.141 e. The van der Waals surface area contributed by atoms with Gasteiger partial charge >= 0.3 is 0 Å². The molecule has 0 spiro atoms. The van der Waals surface area contributed by atoms with Crippen LogP contribution in [0.25, 0.3) is 0 Å². The minimum Gasteiger partial charge on any atom is -0.299 e. The quantitative estimate of drug-likeness (QED) is 0.697. The summed E-state index contributed by atoms with van der Waals surface area (Å²) in [6, 6.07) is 1.81. The van der Waals surface area contributed by atoms with E-state index >= 15 is 0 Å². The summed E-state index contributed by atoms with van der Waals surface area (Å²) in [5, 5.41) is 0. The minimum atomic E-state index is 0.329. The van der Waals surface area contributed by atoms with Crippen molar-refractivity contribution in [3.63, 3.8) is 0 Å². The third-order valence-electron chi connectivity index (χ3n) is 2.22. The van der Waals surface area contributed by atoms with Gasteiger partial charge in [-0.2, -0.15) is 0 Å². The molecule has 0 saturated heterocycles. The van der Waals surface area contributed by atoms with Crippen LogP contribution in [0.2, 0.25) is 0 Å². The van der Waals surface area contributed by atoms with E-state index in [1.165, 1.54) is 0 Å². The number of Topliss-reactive ketones (excluding diaryl/α,β-unsaturated/α-hetero) is 1. The zero-order chi connectivity index (χ0) is 9.26. The van der Waals surface area contributed by atoms with Gasteiger partial charge in [0, 0.05) is 18.5 Å². The molecule has 0 aromatic carbocycles. The van der Waals surface area contributed by atoms with E-state index in [2.05, 4.69) is 9.97 Å². The van der Waals surface area contributed by atoms with Crippen molar-refractivity contribution in [2.45, 2.75) is 26.2 Å². The van der Waals surface area contributed by atoms with Crippen LogP contribution >= 0.6 is 0 Å². The van der Waals surface area contributed by atoms with E-state index < -0.39 is 0 Å². The molecule has 0 radical (unpaired) electrons. The van der Waals surface area contributed by atoms with Crippen LogP contribution in [0.15, 0.2) is 12.3 Å². The highest BCUT2D eigenvalue weighted by Gasteiger charge is 2.29. The first-order valence-corrected chi connectivity index (χ1v) is 4.57.